The first-order valence-corrected chi connectivity index (χ1v) is 5.09. The molecule has 0 atom stereocenters. The van der Waals surface area contributed by atoms with Crippen molar-refractivity contribution in [2.24, 2.45) is 0 Å². The molecule has 74 valence electrons. The fourth-order valence-corrected chi connectivity index (χ4v) is 2.44. The van der Waals surface area contributed by atoms with Crippen LogP contribution in [0.15, 0.2) is 4.42 Å². The zero-order chi connectivity index (χ0) is 10.3. The van der Waals surface area contributed by atoms with Gasteiger partial charge >= 0.3 is 0 Å². The summed E-state index contributed by atoms with van der Waals surface area (Å²) in [5.74, 6) is 1.82. The molecule has 2 rings (SSSR count). The van der Waals surface area contributed by atoms with E-state index in [0.717, 1.165) is 41.9 Å². The SMILES string of the molecule is Cc1oc2c(c1C#N)C(C)(C)CCC2. The van der Waals surface area contributed by atoms with Crippen LogP contribution in [0.25, 0.3) is 0 Å². The third-order valence-electron chi connectivity index (χ3n) is 3.15. The number of furan rings is 1. The molecule has 1 aromatic heterocycles. The molecule has 1 aliphatic carbocycles. The van der Waals surface area contributed by atoms with Gasteiger partial charge in [-0.05, 0) is 25.2 Å². The van der Waals surface area contributed by atoms with Gasteiger partial charge in [-0.3, -0.25) is 0 Å². The second kappa shape index (κ2) is 2.88. The van der Waals surface area contributed by atoms with Gasteiger partial charge in [0.15, 0.2) is 0 Å². The number of hydrogen-bond acceptors (Lipinski definition) is 2. The summed E-state index contributed by atoms with van der Waals surface area (Å²) in [6.07, 6.45) is 3.30. The lowest BCUT2D eigenvalue weighted by Gasteiger charge is -2.29. The van der Waals surface area contributed by atoms with Gasteiger partial charge in [0.2, 0.25) is 0 Å². The van der Waals surface area contributed by atoms with E-state index < -0.39 is 0 Å². The Kier molecular flexibility index (Phi) is 1.92. The Morgan fingerprint density at radius 3 is 2.79 bits per heavy atom. The maximum absolute atomic E-state index is 9.09. The molecule has 0 N–H and O–H groups in total. The van der Waals surface area contributed by atoms with Crippen molar-refractivity contribution in [3.8, 4) is 6.07 Å². The molecule has 0 amide bonds. The molecular formula is C12H15NO. The Hall–Kier alpha value is -1.23. The predicted molar refractivity (Wildman–Crippen MR) is 54.1 cm³/mol. The van der Waals surface area contributed by atoms with Crippen LogP contribution in [-0.2, 0) is 11.8 Å². The summed E-state index contributed by atoms with van der Waals surface area (Å²) in [6.45, 7) is 6.27. The summed E-state index contributed by atoms with van der Waals surface area (Å²) < 4.78 is 5.64. The normalized spacial score (nSPS) is 18.7. The standard InChI is InChI=1S/C12H15NO/c1-8-9(7-13)11-10(14-8)5-4-6-12(11,2)3/h4-6H2,1-3H3. The molecule has 0 aromatic carbocycles. The van der Waals surface area contributed by atoms with Gasteiger partial charge in [-0.1, -0.05) is 13.8 Å². The summed E-state index contributed by atoms with van der Waals surface area (Å²) in [6, 6.07) is 2.27. The Morgan fingerprint density at radius 1 is 1.43 bits per heavy atom. The van der Waals surface area contributed by atoms with Crippen molar-refractivity contribution in [3.63, 3.8) is 0 Å². The molecule has 1 aromatic rings. The third kappa shape index (κ3) is 1.16. The van der Waals surface area contributed by atoms with Crippen LogP contribution < -0.4 is 0 Å². The van der Waals surface area contributed by atoms with Gasteiger partial charge in [-0.25, -0.2) is 0 Å². The minimum Gasteiger partial charge on any atom is -0.465 e. The van der Waals surface area contributed by atoms with Gasteiger partial charge in [0, 0.05) is 12.0 Å². The van der Waals surface area contributed by atoms with Crippen LogP contribution in [0.3, 0.4) is 0 Å². The number of aryl methyl sites for hydroxylation is 2. The zero-order valence-corrected chi connectivity index (χ0v) is 8.98. The highest BCUT2D eigenvalue weighted by Crippen LogP contribution is 2.41. The molecule has 1 aliphatic rings. The monoisotopic (exact) mass is 189 g/mol. The molecule has 0 radical (unpaired) electrons. The zero-order valence-electron chi connectivity index (χ0n) is 8.98. The van der Waals surface area contributed by atoms with Gasteiger partial charge in [-0.15, -0.1) is 0 Å². The molecule has 0 aliphatic heterocycles. The average molecular weight is 189 g/mol. The molecule has 0 bridgehead atoms. The number of nitriles is 1. The molecule has 2 nitrogen and oxygen atoms in total. The van der Waals surface area contributed by atoms with Crippen LogP contribution in [0.1, 0.15) is 49.3 Å². The molecule has 0 fully saturated rings. The van der Waals surface area contributed by atoms with Gasteiger partial charge in [0.25, 0.3) is 0 Å². The second-order valence-corrected chi connectivity index (χ2v) is 4.68. The quantitative estimate of drug-likeness (QED) is 0.629. The van der Waals surface area contributed by atoms with E-state index in [0.29, 0.717) is 0 Å². The first-order valence-electron chi connectivity index (χ1n) is 5.09. The lowest BCUT2D eigenvalue weighted by atomic mass is 9.74. The van der Waals surface area contributed by atoms with Crippen molar-refractivity contribution < 1.29 is 4.42 Å². The topological polar surface area (TPSA) is 36.9 Å². The third-order valence-corrected chi connectivity index (χ3v) is 3.15. The highest BCUT2D eigenvalue weighted by molar-refractivity contribution is 5.47. The van der Waals surface area contributed by atoms with E-state index in [2.05, 4.69) is 19.9 Å². The van der Waals surface area contributed by atoms with Crippen molar-refractivity contribution in [1.29, 1.82) is 5.26 Å². The minimum atomic E-state index is 0.108. The molecule has 0 unspecified atom stereocenters. The van der Waals surface area contributed by atoms with E-state index in [1.54, 1.807) is 0 Å². The van der Waals surface area contributed by atoms with Gasteiger partial charge in [0.1, 0.15) is 17.6 Å². The van der Waals surface area contributed by atoms with Crippen LogP contribution in [0.4, 0.5) is 0 Å². The second-order valence-electron chi connectivity index (χ2n) is 4.68. The Morgan fingerprint density at radius 2 is 2.14 bits per heavy atom. The van der Waals surface area contributed by atoms with Crippen molar-refractivity contribution in [1.82, 2.24) is 0 Å². The maximum Gasteiger partial charge on any atom is 0.119 e. The fourth-order valence-electron chi connectivity index (χ4n) is 2.44. The first kappa shape index (κ1) is 9.33. The van der Waals surface area contributed by atoms with Crippen LogP contribution >= 0.6 is 0 Å². The molecule has 0 spiro atoms. The molecule has 0 saturated carbocycles. The highest BCUT2D eigenvalue weighted by Gasteiger charge is 2.34. The minimum absolute atomic E-state index is 0.108. The number of nitrogens with zero attached hydrogens (tertiary/aromatic N) is 1. The number of hydrogen-bond donors (Lipinski definition) is 0. The van der Waals surface area contributed by atoms with E-state index in [1.807, 2.05) is 6.92 Å². The van der Waals surface area contributed by atoms with E-state index in [-0.39, 0.29) is 5.41 Å². The lowest BCUT2D eigenvalue weighted by Crippen LogP contribution is -2.23. The summed E-state index contributed by atoms with van der Waals surface area (Å²) in [4.78, 5) is 0. The predicted octanol–water partition coefficient (Wildman–Crippen LogP) is 3.07. The Bertz CT molecular complexity index is 407. The van der Waals surface area contributed by atoms with Crippen molar-refractivity contribution in [2.45, 2.75) is 45.4 Å². The number of rotatable bonds is 0. The summed E-state index contributed by atoms with van der Waals surface area (Å²) >= 11 is 0. The van der Waals surface area contributed by atoms with Crippen LogP contribution in [0.2, 0.25) is 0 Å². The van der Waals surface area contributed by atoms with Gasteiger partial charge < -0.3 is 4.42 Å². The van der Waals surface area contributed by atoms with Gasteiger partial charge in [-0.2, -0.15) is 5.26 Å². The van der Waals surface area contributed by atoms with Gasteiger partial charge in [0.05, 0.1) is 5.56 Å². The van der Waals surface area contributed by atoms with Crippen molar-refractivity contribution >= 4 is 0 Å². The summed E-state index contributed by atoms with van der Waals surface area (Å²) in [5.41, 5.74) is 2.03. The van der Waals surface area contributed by atoms with Crippen molar-refractivity contribution in [2.75, 3.05) is 0 Å². The smallest absolute Gasteiger partial charge is 0.119 e. The molecule has 1 heterocycles. The maximum atomic E-state index is 9.09. The highest BCUT2D eigenvalue weighted by atomic mass is 16.3. The van der Waals surface area contributed by atoms with E-state index in [1.165, 1.54) is 0 Å². The largest absolute Gasteiger partial charge is 0.465 e. The molecule has 0 saturated heterocycles. The van der Waals surface area contributed by atoms with E-state index in [4.69, 9.17) is 9.68 Å². The molecule has 14 heavy (non-hydrogen) atoms. The Labute approximate surface area is 84.5 Å². The Balaban J connectivity index is 2.67. The summed E-state index contributed by atoms with van der Waals surface area (Å²) in [5, 5.41) is 9.09. The van der Waals surface area contributed by atoms with Crippen molar-refractivity contribution in [3.05, 3.63) is 22.6 Å². The summed E-state index contributed by atoms with van der Waals surface area (Å²) in [7, 11) is 0. The van der Waals surface area contributed by atoms with Crippen LogP contribution in [-0.4, -0.2) is 0 Å². The number of fused-ring (bicyclic) bond motifs is 1. The molecular weight excluding hydrogens is 174 g/mol. The molecule has 2 heteroatoms. The van der Waals surface area contributed by atoms with Crippen LogP contribution in [0.5, 0.6) is 0 Å². The van der Waals surface area contributed by atoms with Crippen LogP contribution in [0, 0.1) is 18.3 Å². The van der Waals surface area contributed by atoms with E-state index >= 15 is 0 Å². The average Bonchev–Trinajstić information content (AvgIpc) is 2.41. The van der Waals surface area contributed by atoms with E-state index in [9.17, 15) is 0 Å². The lowest BCUT2D eigenvalue weighted by molar-refractivity contribution is 0.382. The fraction of sp³-hybridized carbons (Fsp3) is 0.583. The first-order chi connectivity index (χ1) is 6.56.